The third-order valence-corrected chi connectivity index (χ3v) is 0.412. The molecule has 0 unspecified atom stereocenters. The molecule has 0 heterocycles. The van der Waals surface area contributed by atoms with Crippen molar-refractivity contribution in [3.63, 3.8) is 0 Å². The molecule has 0 aromatic carbocycles. The van der Waals surface area contributed by atoms with Crippen LogP contribution in [0.2, 0.25) is 0 Å². The second kappa shape index (κ2) is 17.0. The van der Waals surface area contributed by atoms with Gasteiger partial charge in [0.25, 0.3) is 6.47 Å². The molecular formula is C6H10Cr2O4. The minimum Gasteiger partial charge on any atom is -0.512 e. The molecule has 4 nitrogen and oxygen atoms in total. The summed E-state index contributed by atoms with van der Waals surface area (Å²) < 4.78 is 0. The molecule has 0 saturated carbocycles. The van der Waals surface area contributed by atoms with Gasteiger partial charge in [-0.25, -0.2) is 0 Å². The zero-order valence-corrected chi connectivity index (χ0v) is 9.23. The van der Waals surface area contributed by atoms with Crippen LogP contribution in [0, 0.1) is 0 Å². The zero-order valence-electron chi connectivity index (χ0n) is 6.68. The van der Waals surface area contributed by atoms with Crippen LogP contribution in [-0.2, 0) is 44.3 Å². The van der Waals surface area contributed by atoms with E-state index in [-0.39, 0.29) is 52.7 Å². The van der Waals surface area contributed by atoms with Gasteiger partial charge in [0, 0.05) is 40.8 Å². The Kier molecular flexibility index (Phi) is 32.0. The molecular weight excluding hydrogens is 240 g/mol. The maximum Gasteiger partial charge on any atom is 0.290 e. The van der Waals surface area contributed by atoms with Gasteiger partial charge < -0.3 is 10.2 Å². The number of hydrogen-bond donors (Lipinski definition) is 2. The van der Waals surface area contributed by atoms with E-state index in [0.717, 1.165) is 0 Å². The summed E-state index contributed by atoms with van der Waals surface area (Å²) >= 11 is 0. The molecule has 0 bridgehead atoms. The summed E-state index contributed by atoms with van der Waals surface area (Å²) in [6.45, 7) is 2.60. The summed E-state index contributed by atoms with van der Waals surface area (Å²) in [4.78, 5) is 18.4. The van der Waals surface area contributed by atoms with Crippen molar-refractivity contribution in [1.82, 2.24) is 0 Å². The fraction of sp³-hybridized carbons (Fsp3) is 0.333. The van der Waals surface area contributed by atoms with Crippen LogP contribution in [0.5, 0.6) is 0 Å². The van der Waals surface area contributed by atoms with Crippen LogP contribution >= 0.6 is 0 Å². The van der Waals surface area contributed by atoms with Gasteiger partial charge in [0.05, 0.1) is 5.76 Å². The van der Waals surface area contributed by atoms with E-state index in [4.69, 9.17) is 15.0 Å². The molecule has 12 heavy (non-hydrogen) atoms. The summed E-state index contributed by atoms with van der Waals surface area (Å²) in [6.07, 6.45) is 1.17. The molecule has 0 aromatic heterocycles. The van der Waals surface area contributed by atoms with Gasteiger partial charge >= 0.3 is 0 Å². The molecule has 6 heteroatoms. The van der Waals surface area contributed by atoms with Crippen molar-refractivity contribution in [2.45, 2.75) is 13.8 Å². The quantitative estimate of drug-likeness (QED) is 0.409. The second-order valence-electron chi connectivity index (χ2n) is 1.50. The molecule has 0 amide bonds. The standard InChI is InChI=1S/C5H8O2.CH2O2.2Cr/c1-4(6)3-5(2)7;2-1-3;;/h3,6H,1-2H3;1H,(H,2,3);;/b4-3-;;;. The molecule has 0 aromatic rings. The van der Waals surface area contributed by atoms with Crippen molar-refractivity contribution in [3.8, 4) is 0 Å². The molecule has 0 aliphatic carbocycles. The van der Waals surface area contributed by atoms with Crippen molar-refractivity contribution in [1.29, 1.82) is 0 Å². The first-order chi connectivity index (χ1) is 4.54. The minimum atomic E-state index is -0.250. The van der Waals surface area contributed by atoms with Gasteiger partial charge in [-0.2, -0.15) is 0 Å². The molecule has 0 aliphatic rings. The summed E-state index contributed by atoms with van der Waals surface area (Å²) in [7, 11) is 0. The molecule has 0 saturated heterocycles. The fourth-order valence-corrected chi connectivity index (χ4v) is 0.294. The van der Waals surface area contributed by atoms with Gasteiger partial charge in [-0.15, -0.1) is 0 Å². The van der Waals surface area contributed by atoms with Crippen LogP contribution < -0.4 is 0 Å². The van der Waals surface area contributed by atoms with Crippen LogP contribution in [0.1, 0.15) is 13.8 Å². The first-order valence-electron chi connectivity index (χ1n) is 2.50. The molecule has 0 radical (unpaired) electrons. The summed E-state index contributed by atoms with van der Waals surface area (Å²) in [5.41, 5.74) is 0. The van der Waals surface area contributed by atoms with Gasteiger partial charge in [0.2, 0.25) is 0 Å². The molecule has 0 spiro atoms. The maximum atomic E-state index is 10.0. The van der Waals surface area contributed by atoms with Crippen molar-refractivity contribution in [2.24, 2.45) is 0 Å². The number of rotatable bonds is 1. The predicted molar refractivity (Wildman–Crippen MR) is 35.8 cm³/mol. The predicted octanol–water partition coefficient (Wildman–Crippen LogP) is 0.733. The van der Waals surface area contributed by atoms with Crippen molar-refractivity contribution < 1.29 is 54.5 Å². The van der Waals surface area contributed by atoms with E-state index in [1.807, 2.05) is 0 Å². The minimum absolute atomic E-state index is 0. The number of carbonyl (C=O) groups excluding carboxylic acids is 1. The number of aliphatic hydroxyl groups is 1. The van der Waals surface area contributed by atoms with Gasteiger partial charge in [-0.1, -0.05) is 0 Å². The number of aliphatic hydroxyl groups excluding tert-OH is 1. The average Bonchev–Trinajstić information content (AvgIpc) is 1.62. The largest absolute Gasteiger partial charge is 0.512 e. The SMILES string of the molecule is CC(=O)/C=C(/C)O.O=CO.[Cr].[Cr]. The van der Waals surface area contributed by atoms with Gasteiger partial charge in [0.1, 0.15) is 0 Å². The van der Waals surface area contributed by atoms with Gasteiger partial charge in [0.15, 0.2) is 5.78 Å². The molecule has 70 valence electrons. The third-order valence-electron chi connectivity index (χ3n) is 0.412. The first kappa shape index (κ1) is 22.6. The summed E-state index contributed by atoms with van der Waals surface area (Å²) in [5, 5.41) is 15.3. The number of ketones is 1. The Morgan fingerprint density at radius 2 is 1.50 bits per heavy atom. The van der Waals surface area contributed by atoms with Crippen LogP contribution in [0.25, 0.3) is 0 Å². The van der Waals surface area contributed by atoms with E-state index < -0.39 is 0 Å². The van der Waals surface area contributed by atoms with Crippen molar-refractivity contribution >= 4 is 12.3 Å². The van der Waals surface area contributed by atoms with Crippen molar-refractivity contribution in [2.75, 3.05) is 0 Å². The molecule has 0 fully saturated rings. The zero-order chi connectivity index (χ0) is 8.57. The van der Waals surface area contributed by atoms with E-state index in [9.17, 15) is 4.79 Å². The van der Waals surface area contributed by atoms with Crippen LogP contribution in [0.3, 0.4) is 0 Å². The Labute approximate surface area is 92.5 Å². The van der Waals surface area contributed by atoms with Crippen LogP contribution in [-0.4, -0.2) is 22.5 Å². The number of carboxylic acid groups (broad SMARTS) is 1. The smallest absolute Gasteiger partial charge is 0.290 e. The molecule has 0 rings (SSSR count). The summed E-state index contributed by atoms with van der Waals surface area (Å²) in [5.74, 6) is -0.0625. The van der Waals surface area contributed by atoms with Gasteiger partial charge in [-0.05, 0) is 13.8 Å². The fourth-order valence-electron chi connectivity index (χ4n) is 0.294. The Hall–Kier alpha value is -0.255. The van der Waals surface area contributed by atoms with E-state index in [0.29, 0.717) is 0 Å². The Morgan fingerprint density at radius 3 is 1.50 bits per heavy atom. The maximum absolute atomic E-state index is 10.0. The monoisotopic (exact) mass is 250 g/mol. The van der Waals surface area contributed by atoms with E-state index in [1.54, 1.807) is 0 Å². The second-order valence-corrected chi connectivity index (χ2v) is 1.50. The number of allylic oxidation sites excluding steroid dienone is 2. The number of hydrogen-bond acceptors (Lipinski definition) is 3. The van der Waals surface area contributed by atoms with Crippen molar-refractivity contribution in [3.05, 3.63) is 11.8 Å². The van der Waals surface area contributed by atoms with E-state index in [2.05, 4.69) is 0 Å². The Bertz CT molecular complexity index is 140. The Morgan fingerprint density at radius 1 is 1.25 bits per heavy atom. The normalized spacial score (nSPS) is 7.67. The topological polar surface area (TPSA) is 74.6 Å². The number of carbonyl (C=O) groups is 2. The van der Waals surface area contributed by atoms with Crippen LogP contribution in [0.4, 0.5) is 0 Å². The molecule has 0 atom stereocenters. The third kappa shape index (κ3) is 53.1. The average molecular weight is 250 g/mol. The van der Waals surface area contributed by atoms with E-state index >= 15 is 0 Å². The summed E-state index contributed by atoms with van der Waals surface area (Å²) in [6, 6.07) is 0. The first-order valence-corrected chi connectivity index (χ1v) is 2.50. The Balaban J connectivity index is -0.0000000569. The van der Waals surface area contributed by atoms with Crippen LogP contribution in [0.15, 0.2) is 11.8 Å². The molecule has 0 aliphatic heterocycles. The van der Waals surface area contributed by atoms with E-state index in [1.165, 1.54) is 19.9 Å². The van der Waals surface area contributed by atoms with Gasteiger partial charge in [-0.3, -0.25) is 9.59 Å². The molecule has 2 N–H and O–H groups in total.